The zero-order chi connectivity index (χ0) is 20.8. The Balaban J connectivity index is 1.63. The maximum absolute atomic E-state index is 12.4. The molecular formula is C20H22N6O3. The number of guanidine groups is 2. The normalized spacial score (nSPS) is 16.1. The molecule has 0 spiro atoms. The average Bonchev–Trinajstić information content (AvgIpc) is 3.01. The van der Waals surface area contributed by atoms with Gasteiger partial charge in [0.05, 0.1) is 19.2 Å². The summed E-state index contributed by atoms with van der Waals surface area (Å²) in [4.78, 5) is 32.7. The van der Waals surface area contributed by atoms with E-state index in [9.17, 15) is 9.59 Å². The predicted molar refractivity (Wildman–Crippen MR) is 112 cm³/mol. The van der Waals surface area contributed by atoms with Crippen LogP contribution in [0.25, 0.3) is 0 Å². The Morgan fingerprint density at radius 3 is 2.72 bits per heavy atom. The number of rotatable bonds is 5. The van der Waals surface area contributed by atoms with Gasteiger partial charge in [-0.05, 0) is 36.8 Å². The lowest BCUT2D eigenvalue weighted by molar-refractivity contribution is -0.123. The summed E-state index contributed by atoms with van der Waals surface area (Å²) in [6.07, 6.45) is -0.131. The number of para-hydroxylation sites is 1. The molecule has 1 heterocycles. The van der Waals surface area contributed by atoms with Crippen molar-refractivity contribution in [3.63, 3.8) is 0 Å². The van der Waals surface area contributed by atoms with Crippen molar-refractivity contribution in [3.05, 3.63) is 54.1 Å². The first kappa shape index (κ1) is 19.9. The van der Waals surface area contributed by atoms with Gasteiger partial charge in [-0.2, -0.15) is 4.99 Å². The van der Waals surface area contributed by atoms with Gasteiger partial charge in [0.2, 0.25) is 17.8 Å². The second-order valence-corrected chi connectivity index (χ2v) is 6.40. The molecule has 0 saturated heterocycles. The third kappa shape index (κ3) is 5.32. The quantitative estimate of drug-likeness (QED) is 0.452. The van der Waals surface area contributed by atoms with Crippen LogP contribution in [-0.2, 0) is 9.59 Å². The number of anilines is 2. The van der Waals surface area contributed by atoms with Gasteiger partial charge in [0.25, 0.3) is 5.91 Å². The van der Waals surface area contributed by atoms with Crippen molar-refractivity contribution in [3.8, 4) is 5.75 Å². The molecule has 0 fully saturated rings. The summed E-state index contributed by atoms with van der Waals surface area (Å²) in [5.74, 6) is -0.110. The molecule has 0 bridgehead atoms. The van der Waals surface area contributed by atoms with Gasteiger partial charge in [-0.15, -0.1) is 0 Å². The molecule has 0 saturated carbocycles. The van der Waals surface area contributed by atoms with Crippen LogP contribution < -0.4 is 26.4 Å². The van der Waals surface area contributed by atoms with Gasteiger partial charge in [-0.1, -0.05) is 24.3 Å². The molecule has 0 aromatic heterocycles. The molecule has 9 nitrogen and oxygen atoms in total. The summed E-state index contributed by atoms with van der Waals surface area (Å²) in [5.41, 5.74) is 8.10. The molecule has 9 heteroatoms. The van der Waals surface area contributed by atoms with Gasteiger partial charge < -0.3 is 21.1 Å². The van der Waals surface area contributed by atoms with Crippen molar-refractivity contribution in [2.45, 2.75) is 19.4 Å². The van der Waals surface area contributed by atoms with Crippen LogP contribution in [0.3, 0.4) is 0 Å². The molecule has 1 atom stereocenters. The topological polar surface area (TPSA) is 130 Å². The van der Waals surface area contributed by atoms with Gasteiger partial charge in [-0.3, -0.25) is 14.9 Å². The predicted octanol–water partition coefficient (Wildman–Crippen LogP) is 1.61. The van der Waals surface area contributed by atoms with Crippen molar-refractivity contribution in [1.82, 2.24) is 5.32 Å². The third-order valence-electron chi connectivity index (χ3n) is 4.10. The van der Waals surface area contributed by atoms with Crippen LogP contribution in [0.5, 0.6) is 5.75 Å². The van der Waals surface area contributed by atoms with Crippen LogP contribution in [0.1, 0.15) is 12.0 Å². The fourth-order valence-electron chi connectivity index (χ4n) is 2.73. The highest BCUT2D eigenvalue weighted by atomic mass is 16.5. The Hall–Kier alpha value is -3.88. The van der Waals surface area contributed by atoms with Gasteiger partial charge in [0.1, 0.15) is 11.8 Å². The molecule has 5 N–H and O–H groups in total. The number of hydrogen-bond acceptors (Lipinski definition) is 5. The van der Waals surface area contributed by atoms with E-state index in [-0.39, 0.29) is 24.2 Å². The molecule has 150 valence electrons. The van der Waals surface area contributed by atoms with Crippen molar-refractivity contribution in [1.29, 1.82) is 0 Å². The molecule has 2 amide bonds. The number of benzene rings is 2. The number of nitrogens with two attached hydrogens (primary N) is 1. The summed E-state index contributed by atoms with van der Waals surface area (Å²) >= 11 is 0. The van der Waals surface area contributed by atoms with Crippen molar-refractivity contribution in [2.24, 2.45) is 15.7 Å². The van der Waals surface area contributed by atoms with E-state index < -0.39 is 11.9 Å². The molecule has 29 heavy (non-hydrogen) atoms. The highest BCUT2D eigenvalue weighted by Gasteiger charge is 2.29. The average molecular weight is 394 g/mol. The second kappa shape index (κ2) is 8.87. The van der Waals surface area contributed by atoms with Crippen molar-refractivity contribution in [2.75, 3.05) is 17.7 Å². The standard InChI is InChI=1S/C20H22N6O3/c1-12-8-9-16(29-2)14(10-12)23-17(27)11-15-18(28)25-20(24-15)26-19(21)22-13-6-4-3-5-7-13/h3-10,15H,11H2,1-2H3,(H,23,27)(H4,21,22,24,25,26,28). The lowest BCUT2D eigenvalue weighted by atomic mass is 10.1. The first-order valence-electron chi connectivity index (χ1n) is 8.94. The van der Waals surface area contributed by atoms with Crippen LogP contribution >= 0.6 is 0 Å². The molecule has 0 radical (unpaired) electrons. The van der Waals surface area contributed by atoms with E-state index in [1.165, 1.54) is 7.11 Å². The number of nitrogens with one attached hydrogen (secondary N) is 3. The summed E-state index contributed by atoms with van der Waals surface area (Å²) in [7, 11) is 1.52. The van der Waals surface area contributed by atoms with E-state index in [4.69, 9.17) is 10.5 Å². The van der Waals surface area contributed by atoms with Crippen LogP contribution in [0.4, 0.5) is 11.4 Å². The molecule has 3 rings (SSSR count). The van der Waals surface area contributed by atoms with Crippen molar-refractivity contribution >= 4 is 35.1 Å². The number of aryl methyl sites for hydroxylation is 1. The van der Waals surface area contributed by atoms with E-state index in [0.29, 0.717) is 11.4 Å². The minimum atomic E-state index is -0.880. The van der Waals surface area contributed by atoms with Crippen LogP contribution in [0, 0.1) is 6.92 Å². The first-order chi connectivity index (χ1) is 13.9. The maximum atomic E-state index is 12.4. The Morgan fingerprint density at radius 2 is 2.00 bits per heavy atom. The Bertz CT molecular complexity index is 971. The Labute approximate surface area is 168 Å². The van der Waals surface area contributed by atoms with Gasteiger partial charge in [0, 0.05) is 5.69 Å². The molecule has 1 aliphatic heterocycles. The number of nitrogens with zero attached hydrogens (tertiary/aromatic N) is 2. The highest BCUT2D eigenvalue weighted by Crippen LogP contribution is 2.25. The Morgan fingerprint density at radius 1 is 1.24 bits per heavy atom. The van der Waals surface area contributed by atoms with Crippen molar-refractivity contribution < 1.29 is 14.3 Å². The smallest absolute Gasteiger partial charge is 0.252 e. The summed E-state index contributed by atoms with van der Waals surface area (Å²) in [6, 6.07) is 13.8. The second-order valence-electron chi connectivity index (χ2n) is 6.40. The van der Waals surface area contributed by atoms with E-state index in [2.05, 4.69) is 25.9 Å². The summed E-state index contributed by atoms with van der Waals surface area (Å²) in [5, 5.41) is 8.16. The van der Waals surface area contributed by atoms with E-state index in [1.807, 2.05) is 43.3 Å². The first-order valence-corrected chi connectivity index (χ1v) is 8.94. The number of carbonyl (C=O) groups excluding carboxylic acids is 2. The molecule has 0 aliphatic carbocycles. The SMILES string of the molecule is COc1ccc(C)cc1NC(=O)CC1N=C(/N=C(\N)Nc2ccccc2)NC1=O. The molecule has 2 aromatic rings. The molecular weight excluding hydrogens is 372 g/mol. The molecule has 1 aliphatic rings. The van der Waals surface area contributed by atoms with Crippen LogP contribution in [0.15, 0.2) is 58.5 Å². The largest absolute Gasteiger partial charge is 0.495 e. The monoisotopic (exact) mass is 394 g/mol. The number of ether oxygens (including phenoxy) is 1. The van der Waals surface area contributed by atoms with Crippen LogP contribution in [-0.4, -0.2) is 36.9 Å². The summed E-state index contributed by atoms with van der Waals surface area (Å²) in [6.45, 7) is 1.90. The van der Waals surface area contributed by atoms with Gasteiger partial charge in [0.15, 0.2) is 0 Å². The minimum Gasteiger partial charge on any atom is -0.495 e. The van der Waals surface area contributed by atoms with Gasteiger partial charge >= 0.3 is 0 Å². The minimum absolute atomic E-state index is 0.0573. The zero-order valence-corrected chi connectivity index (χ0v) is 16.1. The van der Waals surface area contributed by atoms with E-state index in [0.717, 1.165) is 11.3 Å². The number of methoxy groups -OCH3 is 1. The number of amides is 2. The van der Waals surface area contributed by atoms with E-state index in [1.54, 1.807) is 12.1 Å². The lowest BCUT2D eigenvalue weighted by Gasteiger charge is -2.11. The van der Waals surface area contributed by atoms with Gasteiger partial charge in [-0.25, -0.2) is 4.99 Å². The molecule has 2 aromatic carbocycles. The van der Waals surface area contributed by atoms with E-state index >= 15 is 0 Å². The summed E-state index contributed by atoms with van der Waals surface area (Å²) < 4.78 is 5.24. The third-order valence-corrected chi connectivity index (χ3v) is 4.10. The lowest BCUT2D eigenvalue weighted by Crippen LogP contribution is -2.32. The van der Waals surface area contributed by atoms with Crippen LogP contribution in [0.2, 0.25) is 0 Å². The number of aliphatic imine (C=N–C) groups is 2. The molecule has 1 unspecified atom stereocenters. The zero-order valence-electron chi connectivity index (χ0n) is 16.1. The fourth-order valence-corrected chi connectivity index (χ4v) is 2.73. The number of hydrogen-bond donors (Lipinski definition) is 4. The number of carbonyl (C=O) groups is 2. The maximum Gasteiger partial charge on any atom is 0.252 e. The fraction of sp³-hybridized carbons (Fsp3) is 0.200. The Kier molecular flexibility index (Phi) is 6.08. The highest BCUT2D eigenvalue weighted by molar-refractivity contribution is 6.11.